The molecule has 2 heterocycles. The third-order valence-electron chi connectivity index (χ3n) is 2.85. The van der Waals surface area contributed by atoms with Gasteiger partial charge in [0.15, 0.2) is 0 Å². The number of nitrogens with zero attached hydrogens (tertiary/aromatic N) is 2. The minimum atomic E-state index is 0.611. The average Bonchev–Trinajstić information content (AvgIpc) is 2.73. The molecule has 0 aromatic carbocycles. The molecule has 1 fully saturated rings. The lowest BCUT2D eigenvalue weighted by atomic mass is 10.2. The first-order chi connectivity index (χ1) is 6.68. The Morgan fingerprint density at radius 2 is 2.36 bits per heavy atom. The molecule has 1 aliphatic heterocycles. The summed E-state index contributed by atoms with van der Waals surface area (Å²) in [5.74, 6) is 0. The zero-order valence-electron chi connectivity index (χ0n) is 8.68. The quantitative estimate of drug-likeness (QED) is 0.879. The highest BCUT2D eigenvalue weighted by atomic mass is 79.9. The van der Waals surface area contributed by atoms with Crippen LogP contribution in [0.1, 0.15) is 24.2 Å². The number of aromatic nitrogens is 2. The number of nitrogens with one attached hydrogen (secondary N) is 1. The van der Waals surface area contributed by atoms with Crippen molar-refractivity contribution in [2.45, 2.75) is 39.3 Å². The van der Waals surface area contributed by atoms with Crippen molar-refractivity contribution >= 4 is 15.9 Å². The normalized spacial score (nSPS) is 21.8. The molecule has 4 heteroatoms. The Bertz CT molecular complexity index is 326. The summed E-state index contributed by atoms with van der Waals surface area (Å²) in [7, 11) is 0. The molecule has 0 unspecified atom stereocenters. The van der Waals surface area contributed by atoms with E-state index in [4.69, 9.17) is 0 Å². The topological polar surface area (TPSA) is 29.9 Å². The lowest BCUT2D eigenvalue weighted by Gasteiger charge is -2.11. The third kappa shape index (κ3) is 1.86. The van der Waals surface area contributed by atoms with E-state index in [-0.39, 0.29) is 0 Å². The lowest BCUT2D eigenvalue weighted by molar-refractivity contribution is 0.467. The van der Waals surface area contributed by atoms with Crippen LogP contribution in [0, 0.1) is 13.8 Å². The summed E-state index contributed by atoms with van der Waals surface area (Å²) >= 11 is 3.55. The summed E-state index contributed by atoms with van der Waals surface area (Å²) in [5.41, 5.74) is 2.32. The fourth-order valence-electron chi connectivity index (χ4n) is 1.97. The summed E-state index contributed by atoms with van der Waals surface area (Å²) in [6.07, 6.45) is 2.57. The van der Waals surface area contributed by atoms with Crippen LogP contribution in [0.5, 0.6) is 0 Å². The lowest BCUT2D eigenvalue weighted by Crippen LogP contribution is -2.27. The molecule has 1 aromatic rings. The second-order valence-electron chi connectivity index (χ2n) is 3.96. The monoisotopic (exact) mass is 257 g/mol. The van der Waals surface area contributed by atoms with Gasteiger partial charge in [-0.2, -0.15) is 5.10 Å². The van der Waals surface area contributed by atoms with Crippen LogP contribution in [0.2, 0.25) is 0 Å². The summed E-state index contributed by atoms with van der Waals surface area (Å²) < 4.78 is 3.25. The van der Waals surface area contributed by atoms with Crippen LogP contribution >= 0.6 is 15.9 Å². The van der Waals surface area contributed by atoms with Gasteiger partial charge in [0.2, 0.25) is 0 Å². The van der Waals surface area contributed by atoms with Gasteiger partial charge in [0, 0.05) is 11.7 Å². The van der Waals surface area contributed by atoms with Crippen molar-refractivity contribution in [3.8, 4) is 0 Å². The first kappa shape index (κ1) is 10.2. The Hall–Kier alpha value is -0.350. The molecule has 1 N–H and O–H groups in total. The molecule has 0 radical (unpaired) electrons. The van der Waals surface area contributed by atoms with Crippen LogP contribution in [-0.2, 0) is 6.54 Å². The molecule has 3 nitrogen and oxygen atoms in total. The predicted molar refractivity (Wildman–Crippen MR) is 60.4 cm³/mol. The van der Waals surface area contributed by atoms with Crippen LogP contribution < -0.4 is 5.32 Å². The van der Waals surface area contributed by atoms with E-state index in [1.807, 2.05) is 6.92 Å². The van der Waals surface area contributed by atoms with Gasteiger partial charge in [0.05, 0.1) is 16.7 Å². The van der Waals surface area contributed by atoms with E-state index in [1.165, 1.54) is 18.5 Å². The van der Waals surface area contributed by atoms with Gasteiger partial charge in [-0.3, -0.25) is 4.68 Å². The van der Waals surface area contributed by atoms with Gasteiger partial charge >= 0.3 is 0 Å². The van der Waals surface area contributed by atoms with Gasteiger partial charge < -0.3 is 5.32 Å². The number of hydrogen-bond donors (Lipinski definition) is 1. The Kier molecular flexibility index (Phi) is 2.93. The molecule has 0 saturated carbocycles. The minimum absolute atomic E-state index is 0.611. The third-order valence-corrected chi connectivity index (χ3v) is 4.00. The van der Waals surface area contributed by atoms with Crippen LogP contribution in [0.15, 0.2) is 4.47 Å². The van der Waals surface area contributed by atoms with Crippen LogP contribution in [-0.4, -0.2) is 22.4 Å². The molecule has 0 amide bonds. The summed E-state index contributed by atoms with van der Waals surface area (Å²) in [6, 6.07) is 0.611. The molecule has 14 heavy (non-hydrogen) atoms. The first-order valence-electron chi connectivity index (χ1n) is 5.11. The molecular weight excluding hydrogens is 242 g/mol. The SMILES string of the molecule is Cc1nn(C[C@H]2CCCN2)c(C)c1Br. The fraction of sp³-hybridized carbons (Fsp3) is 0.700. The van der Waals surface area contributed by atoms with Crippen LogP contribution in [0.4, 0.5) is 0 Å². The van der Waals surface area contributed by atoms with Crippen molar-refractivity contribution in [1.29, 1.82) is 0 Å². The zero-order valence-corrected chi connectivity index (χ0v) is 10.3. The number of halogens is 1. The van der Waals surface area contributed by atoms with E-state index < -0.39 is 0 Å². The van der Waals surface area contributed by atoms with Crippen molar-refractivity contribution in [1.82, 2.24) is 15.1 Å². The molecule has 0 spiro atoms. The van der Waals surface area contributed by atoms with Gasteiger partial charge in [-0.05, 0) is 49.2 Å². The van der Waals surface area contributed by atoms with Crippen molar-refractivity contribution in [3.63, 3.8) is 0 Å². The van der Waals surface area contributed by atoms with E-state index >= 15 is 0 Å². The van der Waals surface area contributed by atoms with Gasteiger partial charge in [-0.1, -0.05) is 0 Å². The second-order valence-corrected chi connectivity index (χ2v) is 4.75. The van der Waals surface area contributed by atoms with E-state index in [0.717, 1.165) is 23.3 Å². The standard InChI is InChI=1S/C10H16BrN3/c1-7-10(11)8(2)14(13-7)6-9-4-3-5-12-9/h9,12H,3-6H2,1-2H3/t9-/m1/s1. The molecule has 78 valence electrons. The van der Waals surface area contributed by atoms with Crippen molar-refractivity contribution in [3.05, 3.63) is 15.9 Å². The highest BCUT2D eigenvalue weighted by Crippen LogP contribution is 2.20. The minimum Gasteiger partial charge on any atom is -0.312 e. The van der Waals surface area contributed by atoms with Crippen LogP contribution in [0.3, 0.4) is 0 Å². The van der Waals surface area contributed by atoms with Crippen molar-refractivity contribution < 1.29 is 0 Å². The molecule has 0 aliphatic carbocycles. The summed E-state index contributed by atoms with van der Waals surface area (Å²) in [6.45, 7) is 6.30. The fourth-order valence-corrected chi connectivity index (χ4v) is 2.26. The van der Waals surface area contributed by atoms with E-state index in [2.05, 4.69) is 38.0 Å². The smallest absolute Gasteiger partial charge is 0.0738 e. The van der Waals surface area contributed by atoms with Gasteiger partial charge in [-0.15, -0.1) is 0 Å². The molecule has 1 saturated heterocycles. The van der Waals surface area contributed by atoms with E-state index in [9.17, 15) is 0 Å². The number of hydrogen-bond acceptors (Lipinski definition) is 2. The highest BCUT2D eigenvalue weighted by molar-refractivity contribution is 9.10. The largest absolute Gasteiger partial charge is 0.312 e. The molecule has 1 aromatic heterocycles. The number of aryl methyl sites for hydroxylation is 1. The van der Waals surface area contributed by atoms with Crippen molar-refractivity contribution in [2.75, 3.05) is 6.54 Å². The molecule has 2 rings (SSSR count). The first-order valence-corrected chi connectivity index (χ1v) is 5.90. The molecule has 1 aliphatic rings. The Balaban J connectivity index is 2.12. The van der Waals surface area contributed by atoms with Crippen molar-refractivity contribution in [2.24, 2.45) is 0 Å². The van der Waals surface area contributed by atoms with Gasteiger partial charge in [0.25, 0.3) is 0 Å². The second kappa shape index (κ2) is 4.03. The van der Waals surface area contributed by atoms with E-state index in [0.29, 0.717) is 6.04 Å². The molecular formula is C10H16BrN3. The van der Waals surface area contributed by atoms with Gasteiger partial charge in [0.1, 0.15) is 0 Å². The molecule has 0 bridgehead atoms. The van der Waals surface area contributed by atoms with E-state index in [1.54, 1.807) is 0 Å². The maximum atomic E-state index is 4.50. The summed E-state index contributed by atoms with van der Waals surface area (Å²) in [4.78, 5) is 0. The van der Waals surface area contributed by atoms with Gasteiger partial charge in [-0.25, -0.2) is 0 Å². The predicted octanol–water partition coefficient (Wildman–Crippen LogP) is 2.01. The number of rotatable bonds is 2. The maximum absolute atomic E-state index is 4.50. The maximum Gasteiger partial charge on any atom is 0.0738 e. The zero-order chi connectivity index (χ0) is 10.1. The Labute approximate surface area is 93.0 Å². The van der Waals surface area contributed by atoms with Crippen LogP contribution in [0.25, 0.3) is 0 Å². The average molecular weight is 258 g/mol. The highest BCUT2D eigenvalue weighted by Gasteiger charge is 2.17. The summed E-state index contributed by atoms with van der Waals surface area (Å²) in [5, 5.41) is 7.99. The Morgan fingerprint density at radius 3 is 2.86 bits per heavy atom. The Morgan fingerprint density at radius 1 is 1.57 bits per heavy atom. The molecule has 1 atom stereocenters.